The van der Waals surface area contributed by atoms with Gasteiger partial charge in [0.25, 0.3) is 0 Å². The number of aromatic nitrogens is 2. The van der Waals surface area contributed by atoms with Crippen LogP contribution in [-0.4, -0.2) is 54.7 Å². The average molecular weight is 336 g/mol. The number of anilines is 1. The van der Waals surface area contributed by atoms with E-state index in [1.807, 2.05) is 25.3 Å². The Morgan fingerprint density at radius 3 is 2.56 bits per heavy atom. The summed E-state index contributed by atoms with van der Waals surface area (Å²) in [6.07, 6.45) is 1.90. The Morgan fingerprint density at radius 1 is 1.08 bits per heavy atom. The highest BCUT2D eigenvalue weighted by molar-refractivity contribution is 5.93. The Kier molecular flexibility index (Phi) is 4.32. The van der Waals surface area contributed by atoms with Crippen molar-refractivity contribution in [3.05, 3.63) is 42.6 Å². The second-order valence-electron chi connectivity index (χ2n) is 6.52. The lowest BCUT2D eigenvalue weighted by Gasteiger charge is -2.34. The first-order chi connectivity index (χ1) is 12.2. The number of benzene rings is 1. The maximum absolute atomic E-state index is 5.53. The van der Waals surface area contributed by atoms with Crippen LogP contribution in [0.15, 0.2) is 42.6 Å². The zero-order chi connectivity index (χ0) is 17.2. The smallest absolute Gasteiger partial charge is 0.139 e. The molecule has 4 rings (SSSR count). The Balaban J connectivity index is 1.67. The summed E-state index contributed by atoms with van der Waals surface area (Å²) in [6.45, 7) is 6.99. The largest absolute Gasteiger partial charge is 0.494 e. The van der Waals surface area contributed by atoms with Crippen LogP contribution < -0.4 is 9.64 Å². The van der Waals surface area contributed by atoms with Crippen LogP contribution in [0.1, 0.15) is 6.92 Å². The van der Waals surface area contributed by atoms with Crippen LogP contribution >= 0.6 is 0 Å². The first-order valence-electron chi connectivity index (χ1n) is 8.89. The Labute approximate surface area is 148 Å². The predicted octanol–water partition coefficient (Wildman–Crippen LogP) is 3.38. The van der Waals surface area contributed by atoms with E-state index in [1.165, 1.54) is 11.1 Å². The molecule has 1 fully saturated rings. The fourth-order valence-corrected chi connectivity index (χ4v) is 3.39. The lowest BCUT2D eigenvalue weighted by molar-refractivity contribution is 0.313. The van der Waals surface area contributed by atoms with E-state index < -0.39 is 0 Å². The Bertz CT molecular complexity index is 848. The molecule has 0 radical (unpaired) electrons. The predicted molar refractivity (Wildman–Crippen MR) is 102 cm³/mol. The zero-order valence-electron chi connectivity index (χ0n) is 14.8. The molecule has 3 heterocycles. The molecule has 1 aliphatic heterocycles. The quantitative estimate of drug-likeness (QED) is 0.793. The molecule has 5 nitrogen and oxygen atoms in total. The van der Waals surface area contributed by atoms with Gasteiger partial charge in [-0.25, -0.2) is 4.98 Å². The number of fused-ring (bicyclic) bond motifs is 1. The van der Waals surface area contributed by atoms with Crippen LogP contribution in [0.5, 0.6) is 5.75 Å². The third kappa shape index (κ3) is 3.20. The molecule has 3 aromatic rings. The second-order valence-corrected chi connectivity index (χ2v) is 6.52. The van der Waals surface area contributed by atoms with Gasteiger partial charge in [0.15, 0.2) is 0 Å². The summed E-state index contributed by atoms with van der Waals surface area (Å²) in [7, 11) is 2.18. The lowest BCUT2D eigenvalue weighted by atomic mass is 10.1. The number of rotatable bonds is 4. The van der Waals surface area contributed by atoms with Gasteiger partial charge in [-0.2, -0.15) is 0 Å². The van der Waals surface area contributed by atoms with Gasteiger partial charge < -0.3 is 19.5 Å². The van der Waals surface area contributed by atoms with Crippen molar-refractivity contribution in [1.29, 1.82) is 0 Å². The minimum atomic E-state index is 0.685. The Morgan fingerprint density at radius 2 is 1.84 bits per heavy atom. The van der Waals surface area contributed by atoms with Crippen molar-refractivity contribution in [3.63, 3.8) is 0 Å². The molecule has 2 aromatic heterocycles. The molecule has 0 spiro atoms. The third-order valence-corrected chi connectivity index (χ3v) is 4.83. The monoisotopic (exact) mass is 336 g/mol. The van der Waals surface area contributed by atoms with Gasteiger partial charge in [0.05, 0.1) is 6.61 Å². The number of ether oxygens (including phenoxy) is 1. The minimum absolute atomic E-state index is 0.685. The lowest BCUT2D eigenvalue weighted by Crippen LogP contribution is -2.44. The Hall–Kier alpha value is -2.53. The summed E-state index contributed by atoms with van der Waals surface area (Å²) in [5.74, 6) is 0.901. The summed E-state index contributed by atoms with van der Waals surface area (Å²) in [5, 5.41) is 1.19. The highest BCUT2D eigenvalue weighted by Gasteiger charge is 2.17. The van der Waals surface area contributed by atoms with Crippen molar-refractivity contribution < 1.29 is 4.74 Å². The van der Waals surface area contributed by atoms with Gasteiger partial charge in [0.1, 0.15) is 11.4 Å². The fraction of sp³-hybridized carbons (Fsp3) is 0.350. The number of aromatic amines is 1. The normalized spacial score (nSPS) is 15.7. The topological polar surface area (TPSA) is 44.4 Å². The standard InChI is InChI=1S/C20H24N4O/c1-3-25-16-6-4-15(5-7-16)18-14-17-19(8-9-21-20(17)22-18)24-12-10-23(2)11-13-24/h4-9,14H,3,10-13H2,1-2H3,(H,21,22). The third-order valence-electron chi connectivity index (χ3n) is 4.83. The van der Waals surface area contributed by atoms with Crippen LogP contribution in [0.25, 0.3) is 22.3 Å². The van der Waals surface area contributed by atoms with Gasteiger partial charge in [0, 0.05) is 49.1 Å². The molecule has 130 valence electrons. The van der Waals surface area contributed by atoms with Crippen molar-refractivity contribution >= 4 is 16.7 Å². The summed E-state index contributed by atoms with van der Waals surface area (Å²) in [6, 6.07) is 12.5. The minimum Gasteiger partial charge on any atom is -0.494 e. The molecular weight excluding hydrogens is 312 g/mol. The number of piperazine rings is 1. The van der Waals surface area contributed by atoms with E-state index >= 15 is 0 Å². The molecule has 1 N–H and O–H groups in total. The van der Waals surface area contributed by atoms with Crippen LogP contribution in [0.3, 0.4) is 0 Å². The van der Waals surface area contributed by atoms with E-state index in [1.54, 1.807) is 0 Å². The van der Waals surface area contributed by atoms with Crippen molar-refractivity contribution in [3.8, 4) is 17.0 Å². The zero-order valence-corrected chi connectivity index (χ0v) is 14.8. The average Bonchev–Trinajstić information content (AvgIpc) is 3.08. The van der Waals surface area contributed by atoms with Crippen molar-refractivity contribution in [2.45, 2.75) is 6.92 Å². The van der Waals surface area contributed by atoms with Crippen molar-refractivity contribution in [1.82, 2.24) is 14.9 Å². The highest BCUT2D eigenvalue weighted by atomic mass is 16.5. The van der Waals surface area contributed by atoms with Gasteiger partial charge in [-0.1, -0.05) is 0 Å². The van der Waals surface area contributed by atoms with Gasteiger partial charge >= 0.3 is 0 Å². The molecule has 0 atom stereocenters. The van der Waals surface area contributed by atoms with Crippen LogP contribution in [-0.2, 0) is 0 Å². The van der Waals surface area contributed by atoms with Crippen molar-refractivity contribution in [2.24, 2.45) is 0 Å². The fourth-order valence-electron chi connectivity index (χ4n) is 3.39. The number of hydrogen-bond acceptors (Lipinski definition) is 4. The molecule has 0 aliphatic carbocycles. The number of H-pyrrole nitrogens is 1. The number of pyridine rings is 1. The molecule has 1 aliphatic rings. The van der Waals surface area contributed by atoms with Gasteiger partial charge in [-0.05, 0) is 55.9 Å². The second kappa shape index (κ2) is 6.76. The first-order valence-corrected chi connectivity index (χ1v) is 8.89. The maximum Gasteiger partial charge on any atom is 0.139 e. The molecule has 5 heteroatoms. The van der Waals surface area contributed by atoms with E-state index in [0.717, 1.165) is 48.8 Å². The summed E-state index contributed by atoms with van der Waals surface area (Å²) in [5.41, 5.74) is 4.45. The number of nitrogens with one attached hydrogen (secondary N) is 1. The molecule has 0 bridgehead atoms. The molecular formula is C20H24N4O. The first kappa shape index (κ1) is 16.0. The molecule has 0 unspecified atom stereocenters. The van der Waals surface area contributed by atoms with Crippen molar-refractivity contribution in [2.75, 3.05) is 44.7 Å². The molecule has 25 heavy (non-hydrogen) atoms. The number of hydrogen-bond donors (Lipinski definition) is 1. The van der Waals surface area contributed by atoms with E-state index in [2.05, 4.69) is 51.1 Å². The van der Waals surface area contributed by atoms with E-state index in [4.69, 9.17) is 4.74 Å². The maximum atomic E-state index is 5.53. The number of nitrogens with zero attached hydrogens (tertiary/aromatic N) is 3. The number of likely N-dealkylation sites (N-methyl/N-ethyl adjacent to an activating group) is 1. The van der Waals surface area contributed by atoms with E-state index in [-0.39, 0.29) is 0 Å². The van der Waals surface area contributed by atoms with E-state index in [9.17, 15) is 0 Å². The summed E-state index contributed by atoms with van der Waals surface area (Å²) < 4.78 is 5.53. The van der Waals surface area contributed by atoms with Crippen LogP contribution in [0.2, 0.25) is 0 Å². The molecule has 0 saturated carbocycles. The van der Waals surface area contributed by atoms with E-state index in [0.29, 0.717) is 6.61 Å². The van der Waals surface area contributed by atoms with Gasteiger partial charge in [0.2, 0.25) is 0 Å². The van der Waals surface area contributed by atoms with Crippen LogP contribution in [0, 0.1) is 0 Å². The summed E-state index contributed by atoms with van der Waals surface area (Å²) >= 11 is 0. The molecule has 1 aromatic carbocycles. The molecule has 0 amide bonds. The highest BCUT2D eigenvalue weighted by Crippen LogP contribution is 2.31. The van der Waals surface area contributed by atoms with Gasteiger partial charge in [-0.15, -0.1) is 0 Å². The van der Waals surface area contributed by atoms with Gasteiger partial charge in [-0.3, -0.25) is 0 Å². The SMILES string of the molecule is CCOc1ccc(-c2cc3c(N4CCN(C)CC4)ccnc3[nH]2)cc1. The van der Waals surface area contributed by atoms with Crippen LogP contribution in [0.4, 0.5) is 5.69 Å². The molecule has 1 saturated heterocycles. The summed E-state index contributed by atoms with van der Waals surface area (Å²) in [4.78, 5) is 12.8.